The molecular formula is C24H20ClFN2O4. The molecule has 0 aromatic heterocycles. The maximum absolute atomic E-state index is 13.4. The molecule has 2 aliphatic carbocycles. The second-order valence-corrected chi connectivity index (χ2v) is 9.05. The number of carbonyl (C=O) groups is 4. The Morgan fingerprint density at radius 2 is 1.56 bits per heavy atom. The van der Waals surface area contributed by atoms with Crippen LogP contribution in [0.15, 0.2) is 48.5 Å². The monoisotopic (exact) mass is 454 g/mol. The summed E-state index contributed by atoms with van der Waals surface area (Å²) in [6.07, 6.45) is 2.64. The molecule has 164 valence electrons. The summed E-state index contributed by atoms with van der Waals surface area (Å²) in [4.78, 5) is 53.1. The van der Waals surface area contributed by atoms with Crippen molar-refractivity contribution in [3.05, 3.63) is 70.5 Å². The third kappa shape index (κ3) is 3.23. The summed E-state index contributed by atoms with van der Waals surface area (Å²) < 4.78 is 13.3. The van der Waals surface area contributed by atoms with Crippen molar-refractivity contribution in [2.45, 2.75) is 19.3 Å². The van der Waals surface area contributed by atoms with E-state index in [0.717, 1.165) is 41.4 Å². The molecule has 4 atom stereocenters. The van der Waals surface area contributed by atoms with Gasteiger partial charge in [0.15, 0.2) is 5.78 Å². The van der Waals surface area contributed by atoms with Crippen LogP contribution in [0, 0.1) is 29.5 Å². The van der Waals surface area contributed by atoms with Crippen LogP contribution < -0.4 is 0 Å². The molecule has 1 saturated heterocycles. The van der Waals surface area contributed by atoms with Crippen LogP contribution in [-0.2, 0) is 9.59 Å². The molecule has 6 nitrogen and oxygen atoms in total. The van der Waals surface area contributed by atoms with Gasteiger partial charge in [-0.05, 0) is 67.5 Å². The number of benzene rings is 2. The van der Waals surface area contributed by atoms with Crippen molar-refractivity contribution >= 4 is 35.1 Å². The number of Topliss-reactive ketones (excluding diaryl/α,β-unsaturated/α-hetero) is 1. The summed E-state index contributed by atoms with van der Waals surface area (Å²) >= 11 is 6.20. The highest BCUT2D eigenvalue weighted by Gasteiger charge is 2.62. The molecule has 1 aliphatic heterocycles. The minimum atomic E-state index is -0.708. The van der Waals surface area contributed by atoms with Gasteiger partial charge in [0, 0.05) is 5.56 Å². The average molecular weight is 455 g/mol. The second-order valence-electron chi connectivity index (χ2n) is 8.65. The van der Waals surface area contributed by atoms with Gasteiger partial charge in [-0.15, -0.1) is 0 Å². The lowest BCUT2D eigenvalue weighted by Crippen LogP contribution is -2.52. The number of halogens is 2. The Morgan fingerprint density at radius 1 is 0.969 bits per heavy atom. The van der Waals surface area contributed by atoms with Gasteiger partial charge < -0.3 is 0 Å². The van der Waals surface area contributed by atoms with E-state index in [1.807, 2.05) is 0 Å². The topological polar surface area (TPSA) is 74.8 Å². The molecule has 0 radical (unpaired) electrons. The Balaban J connectivity index is 1.51. The molecule has 3 amide bonds. The van der Waals surface area contributed by atoms with Crippen molar-refractivity contribution in [3.8, 4) is 0 Å². The first-order chi connectivity index (χ1) is 15.4. The molecule has 2 bridgehead atoms. The number of imide groups is 1. The lowest BCUT2D eigenvalue weighted by atomic mass is 9.81. The molecule has 0 N–H and O–H groups in total. The van der Waals surface area contributed by atoms with Gasteiger partial charge in [0.25, 0.3) is 17.7 Å². The largest absolute Gasteiger partial charge is 0.292 e. The van der Waals surface area contributed by atoms with Gasteiger partial charge >= 0.3 is 0 Å². The zero-order valence-corrected chi connectivity index (χ0v) is 17.8. The van der Waals surface area contributed by atoms with Crippen molar-refractivity contribution in [2.75, 3.05) is 6.54 Å². The highest BCUT2D eigenvalue weighted by atomic mass is 35.5. The Bertz CT molecular complexity index is 1110. The maximum Gasteiger partial charge on any atom is 0.274 e. The third-order valence-electron chi connectivity index (χ3n) is 6.94. The molecule has 3 fully saturated rings. The highest BCUT2D eigenvalue weighted by Crippen LogP contribution is 2.56. The van der Waals surface area contributed by atoms with Crippen LogP contribution in [-0.4, -0.2) is 40.1 Å². The van der Waals surface area contributed by atoms with Crippen molar-refractivity contribution in [1.29, 1.82) is 0 Å². The van der Waals surface area contributed by atoms with E-state index in [-0.39, 0.29) is 28.0 Å². The van der Waals surface area contributed by atoms with Crippen LogP contribution in [0.1, 0.15) is 40.0 Å². The van der Waals surface area contributed by atoms with E-state index in [9.17, 15) is 23.6 Å². The number of ketones is 1. The molecule has 2 saturated carbocycles. The van der Waals surface area contributed by atoms with Crippen molar-refractivity contribution in [1.82, 2.24) is 10.0 Å². The molecule has 32 heavy (non-hydrogen) atoms. The van der Waals surface area contributed by atoms with Gasteiger partial charge in [0.2, 0.25) is 0 Å². The van der Waals surface area contributed by atoms with E-state index < -0.39 is 47.7 Å². The quantitative estimate of drug-likeness (QED) is 0.509. The third-order valence-corrected chi connectivity index (χ3v) is 7.27. The molecule has 1 heterocycles. The van der Waals surface area contributed by atoms with Crippen LogP contribution in [0.2, 0.25) is 5.02 Å². The number of hydrazine groups is 1. The number of carbonyl (C=O) groups excluding carboxylic acids is 4. The number of hydrogen-bond acceptors (Lipinski definition) is 4. The lowest BCUT2D eigenvalue weighted by molar-refractivity contribution is -0.154. The number of fused-ring (bicyclic) bond motifs is 5. The summed E-state index contributed by atoms with van der Waals surface area (Å²) in [5.74, 6) is -3.20. The number of hydrogen-bond donors (Lipinski definition) is 0. The minimum Gasteiger partial charge on any atom is -0.292 e. The van der Waals surface area contributed by atoms with E-state index in [2.05, 4.69) is 0 Å². The van der Waals surface area contributed by atoms with Crippen LogP contribution in [0.3, 0.4) is 0 Å². The summed E-state index contributed by atoms with van der Waals surface area (Å²) in [5.41, 5.74) is 0.254. The van der Waals surface area contributed by atoms with Gasteiger partial charge in [0.05, 0.1) is 22.4 Å². The zero-order chi connectivity index (χ0) is 22.6. The normalized spacial score (nSPS) is 25.9. The Labute approximate surface area is 188 Å². The maximum atomic E-state index is 13.4. The van der Waals surface area contributed by atoms with Crippen LogP contribution in [0.4, 0.5) is 4.39 Å². The van der Waals surface area contributed by atoms with Gasteiger partial charge in [0.1, 0.15) is 12.4 Å². The Hall–Kier alpha value is -3.06. The first kappa shape index (κ1) is 20.8. The van der Waals surface area contributed by atoms with Crippen LogP contribution in [0.25, 0.3) is 0 Å². The molecule has 5 rings (SSSR count). The van der Waals surface area contributed by atoms with Crippen molar-refractivity contribution in [3.63, 3.8) is 0 Å². The van der Waals surface area contributed by atoms with Crippen molar-refractivity contribution in [2.24, 2.45) is 23.7 Å². The molecule has 2 aromatic rings. The SMILES string of the molecule is O=C(CN(C(=O)c1ccccc1Cl)N1C(=O)[C@@H]2[C@H]3CC[C@@H](C3)[C@@H]2C1=O)c1ccc(F)cc1. The number of nitrogens with zero attached hydrogens (tertiary/aromatic N) is 2. The van der Waals surface area contributed by atoms with E-state index in [4.69, 9.17) is 11.6 Å². The molecule has 0 spiro atoms. The summed E-state index contributed by atoms with van der Waals surface area (Å²) in [5, 5.41) is 1.93. The predicted octanol–water partition coefficient (Wildman–Crippen LogP) is 3.75. The van der Waals surface area contributed by atoms with Crippen LogP contribution >= 0.6 is 11.6 Å². The van der Waals surface area contributed by atoms with Gasteiger partial charge in [-0.1, -0.05) is 23.7 Å². The fourth-order valence-corrected chi connectivity index (χ4v) is 5.72. The lowest BCUT2D eigenvalue weighted by Gasteiger charge is -2.31. The van der Waals surface area contributed by atoms with Gasteiger partial charge in [-0.2, -0.15) is 5.01 Å². The minimum absolute atomic E-state index is 0.0849. The van der Waals surface area contributed by atoms with Gasteiger partial charge in [-0.3, -0.25) is 19.2 Å². The smallest absolute Gasteiger partial charge is 0.274 e. The zero-order valence-electron chi connectivity index (χ0n) is 17.0. The van der Waals surface area contributed by atoms with Crippen LogP contribution in [0.5, 0.6) is 0 Å². The number of amides is 3. The summed E-state index contributed by atoms with van der Waals surface area (Å²) in [7, 11) is 0. The molecular weight excluding hydrogens is 435 g/mol. The fraction of sp³-hybridized carbons (Fsp3) is 0.333. The predicted molar refractivity (Wildman–Crippen MR) is 113 cm³/mol. The Kier molecular flexibility index (Phi) is 5.08. The molecule has 0 unspecified atom stereocenters. The van der Waals surface area contributed by atoms with E-state index >= 15 is 0 Å². The fourth-order valence-electron chi connectivity index (χ4n) is 5.50. The molecule has 8 heteroatoms. The van der Waals surface area contributed by atoms with Crippen molar-refractivity contribution < 1.29 is 23.6 Å². The average Bonchev–Trinajstić information content (AvgIpc) is 3.46. The Morgan fingerprint density at radius 3 is 2.16 bits per heavy atom. The highest BCUT2D eigenvalue weighted by molar-refractivity contribution is 6.34. The summed E-state index contributed by atoms with van der Waals surface area (Å²) in [6.45, 7) is -0.540. The summed E-state index contributed by atoms with van der Waals surface area (Å²) in [6, 6.07) is 11.2. The first-order valence-corrected chi connectivity index (χ1v) is 11.0. The molecule has 2 aromatic carbocycles. The standard InChI is InChI=1S/C24H20ClFN2O4/c25-18-4-2-1-3-17(18)22(30)27(12-19(29)13-7-9-16(26)10-8-13)28-23(31)20-14-5-6-15(11-14)21(20)24(28)32/h1-4,7-10,14-15,20-21H,5-6,11-12H2/t14-,15-,20-,21+/m0/s1. The van der Waals surface area contributed by atoms with E-state index in [0.29, 0.717) is 0 Å². The second kappa shape index (κ2) is 7.81. The van der Waals surface area contributed by atoms with Gasteiger partial charge in [-0.25, -0.2) is 9.40 Å². The number of rotatable bonds is 5. The van der Waals surface area contributed by atoms with E-state index in [1.165, 1.54) is 24.3 Å². The molecule has 3 aliphatic rings. The first-order valence-electron chi connectivity index (χ1n) is 10.6. The van der Waals surface area contributed by atoms with E-state index in [1.54, 1.807) is 12.1 Å².